The number of hydrogen-bond donors (Lipinski definition) is 1. The summed E-state index contributed by atoms with van der Waals surface area (Å²) in [7, 11) is 0. The minimum atomic E-state index is -0.462. The number of amides is 1. The second-order valence-electron chi connectivity index (χ2n) is 4.17. The first-order valence-electron chi connectivity index (χ1n) is 5.80. The zero-order valence-electron chi connectivity index (χ0n) is 10.6. The Morgan fingerprint density at radius 3 is 2.45 bits per heavy atom. The van der Waals surface area contributed by atoms with Crippen molar-refractivity contribution in [1.29, 1.82) is 0 Å². The molecule has 0 heterocycles. The summed E-state index contributed by atoms with van der Waals surface area (Å²) < 4.78 is 1.03. The lowest BCUT2D eigenvalue weighted by Crippen LogP contribution is -2.13. The molecule has 1 amide bonds. The molecule has 20 heavy (non-hydrogen) atoms. The highest BCUT2D eigenvalue weighted by molar-refractivity contribution is 14.1. The van der Waals surface area contributed by atoms with Gasteiger partial charge in [-0.15, -0.1) is 0 Å². The molecule has 0 spiro atoms. The van der Waals surface area contributed by atoms with Gasteiger partial charge in [-0.3, -0.25) is 14.9 Å². The van der Waals surface area contributed by atoms with Crippen LogP contribution in [0.15, 0.2) is 42.5 Å². The van der Waals surface area contributed by atoms with Gasteiger partial charge in [-0.2, -0.15) is 0 Å². The largest absolute Gasteiger partial charge is 0.321 e. The van der Waals surface area contributed by atoms with Crippen LogP contribution >= 0.6 is 22.6 Å². The third-order valence-electron chi connectivity index (χ3n) is 2.86. The minimum absolute atomic E-state index is 0.00888. The third-order valence-corrected chi connectivity index (χ3v) is 3.58. The summed E-state index contributed by atoms with van der Waals surface area (Å²) >= 11 is 2.15. The first-order valence-corrected chi connectivity index (χ1v) is 6.88. The summed E-state index contributed by atoms with van der Waals surface area (Å²) in [5.74, 6) is -0.287. The number of nitrogens with one attached hydrogen (secondary N) is 1. The van der Waals surface area contributed by atoms with Crippen LogP contribution in [-0.2, 0) is 0 Å². The van der Waals surface area contributed by atoms with Crippen molar-refractivity contribution in [2.45, 2.75) is 6.92 Å². The van der Waals surface area contributed by atoms with Gasteiger partial charge in [-0.25, -0.2) is 0 Å². The van der Waals surface area contributed by atoms with E-state index in [0.29, 0.717) is 16.8 Å². The Morgan fingerprint density at radius 1 is 1.20 bits per heavy atom. The lowest BCUT2D eigenvalue weighted by molar-refractivity contribution is -0.385. The maximum absolute atomic E-state index is 12.1. The van der Waals surface area contributed by atoms with Gasteiger partial charge in [0, 0.05) is 15.2 Å². The van der Waals surface area contributed by atoms with Gasteiger partial charge >= 0.3 is 0 Å². The van der Waals surface area contributed by atoms with Crippen LogP contribution in [0.3, 0.4) is 0 Å². The number of benzene rings is 2. The number of halogens is 1. The molecule has 2 aromatic rings. The van der Waals surface area contributed by atoms with Gasteiger partial charge in [0.2, 0.25) is 0 Å². The summed E-state index contributed by atoms with van der Waals surface area (Å²) in [5.41, 5.74) is 1.39. The van der Waals surface area contributed by atoms with Crippen LogP contribution in [-0.4, -0.2) is 10.8 Å². The molecule has 0 bridgehead atoms. The summed E-state index contributed by atoms with van der Waals surface area (Å²) in [6.07, 6.45) is 0. The molecule has 6 heteroatoms. The van der Waals surface area contributed by atoms with Crippen LogP contribution < -0.4 is 5.32 Å². The smallest absolute Gasteiger partial charge is 0.274 e. The Bertz CT molecular complexity index is 669. The molecule has 0 radical (unpaired) electrons. The second-order valence-corrected chi connectivity index (χ2v) is 5.41. The monoisotopic (exact) mass is 382 g/mol. The maximum Gasteiger partial charge on any atom is 0.274 e. The van der Waals surface area contributed by atoms with Gasteiger partial charge in [0.05, 0.1) is 16.2 Å². The van der Waals surface area contributed by atoms with Crippen LogP contribution in [0.4, 0.5) is 11.4 Å². The highest BCUT2D eigenvalue weighted by Gasteiger charge is 2.15. The number of carbonyl (C=O) groups excluding carboxylic acids is 1. The zero-order valence-corrected chi connectivity index (χ0v) is 12.7. The van der Waals surface area contributed by atoms with Gasteiger partial charge in [-0.1, -0.05) is 6.07 Å². The Labute approximate surface area is 129 Å². The number of hydrogen-bond acceptors (Lipinski definition) is 3. The van der Waals surface area contributed by atoms with Crippen LogP contribution in [0.5, 0.6) is 0 Å². The van der Waals surface area contributed by atoms with Crippen molar-refractivity contribution in [2.24, 2.45) is 0 Å². The molecule has 2 aromatic carbocycles. The zero-order chi connectivity index (χ0) is 14.7. The molecule has 5 nitrogen and oxygen atoms in total. The van der Waals surface area contributed by atoms with E-state index in [2.05, 4.69) is 27.9 Å². The molecule has 0 saturated heterocycles. The Hall–Kier alpha value is -1.96. The highest BCUT2D eigenvalue weighted by atomic mass is 127. The van der Waals surface area contributed by atoms with E-state index in [-0.39, 0.29) is 11.6 Å². The van der Waals surface area contributed by atoms with Gasteiger partial charge in [0.25, 0.3) is 11.6 Å². The SMILES string of the molecule is Cc1c(NC(=O)c2ccc(I)cc2)cccc1[N+](=O)[O-]. The number of anilines is 1. The molecular formula is C14H11IN2O3. The van der Waals surface area contributed by atoms with E-state index in [1.165, 1.54) is 6.07 Å². The first-order chi connectivity index (χ1) is 9.49. The lowest BCUT2D eigenvalue weighted by atomic mass is 10.1. The van der Waals surface area contributed by atoms with Gasteiger partial charge in [0.15, 0.2) is 0 Å². The fourth-order valence-electron chi connectivity index (χ4n) is 1.75. The lowest BCUT2D eigenvalue weighted by Gasteiger charge is -2.08. The van der Waals surface area contributed by atoms with E-state index < -0.39 is 4.92 Å². The van der Waals surface area contributed by atoms with E-state index in [9.17, 15) is 14.9 Å². The molecule has 0 aliphatic heterocycles. The van der Waals surface area contributed by atoms with Crippen molar-refractivity contribution >= 4 is 39.9 Å². The van der Waals surface area contributed by atoms with Crippen LogP contribution in [0, 0.1) is 20.6 Å². The van der Waals surface area contributed by atoms with E-state index >= 15 is 0 Å². The Balaban J connectivity index is 2.26. The van der Waals surface area contributed by atoms with Crippen molar-refractivity contribution in [1.82, 2.24) is 0 Å². The van der Waals surface area contributed by atoms with Gasteiger partial charge in [0.1, 0.15) is 0 Å². The number of rotatable bonds is 3. The molecular weight excluding hydrogens is 371 g/mol. The molecule has 2 rings (SSSR count). The Kier molecular flexibility index (Phi) is 4.33. The van der Waals surface area contributed by atoms with E-state index in [1.54, 1.807) is 31.2 Å². The topological polar surface area (TPSA) is 72.2 Å². The van der Waals surface area contributed by atoms with Crippen molar-refractivity contribution in [2.75, 3.05) is 5.32 Å². The van der Waals surface area contributed by atoms with Crippen molar-refractivity contribution in [3.8, 4) is 0 Å². The molecule has 0 fully saturated rings. The van der Waals surface area contributed by atoms with Crippen LogP contribution in [0.25, 0.3) is 0 Å². The van der Waals surface area contributed by atoms with E-state index in [1.807, 2.05) is 12.1 Å². The molecule has 0 unspecified atom stereocenters. The molecule has 0 aliphatic rings. The maximum atomic E-state index is 12.1. The van der Waals surface area contributed by atoms with Gasteiger partial charge < -0.3 is 5.32 Å². The highest BCUT2D eigenvalue weighted by Crippen LogP contribution is 2.25. The average Bonchev–Trinajstić information content (AvgIpc) is 2.41. The molecule has 0 aromatic heterocycles. The molecule has 102 valence electrons. The summed E-state index contributed by atoms with van der Waals surface area (Å²) in [4.78, 5) is 22.5. The summed E-state index contributed by atoms with van der Waals surface area (Å²) in [6, 6.07) is 11.7. The molecule has 0 saturated carbocycles. The fourth-order valence-corrected chi connectivity index (χ4v) is 2.11. The second kappa shape index (κ2) is 6.00. The van der Waals surface area contributed by atoms with Crippen LogP contribution in [0.2, 0.25) is 0 Å². The molecule has 1 N–H and O–H groups in total. The molecule has 0 aliphatic carbocycles. The minimum Gasteiger partial charge on any atom is -0.321 e. The third kappa shape index (κ3) is 3.13. The van der Waals surface area contributed by atoms with Crippen molar-refractivity contribution < 1.29 is 9.72 Å². The van der Waals surface area contributed by atoms with E-state index in [4.69, 9.17) is 0 Å². The van der Waals surface area contributed by atoms with Gasteiger partial charge in [-0.05, 0) is 59.8 Å². The summed E-state index contributed by atoms with van der Waals surface area (Å²) in [6.45, 7) is 1.61. The fraction of sp³-hybridized carbons (Fsp3) is 0.0714. The average molecular weight is 382 g/mol. The number of nitro benzene ring substituents is 1. The Morgan fingerprint density at radius 2 is 1.85 bits per heavy atom. The number of nitrogens with zero attached hydrogens (tertiary/aromatic N) is 1. The standard InChI is InChI=1S/C14H11IN2O3/c1-9-12(3-2-4-13(9)17(19)20)16-14(18)10-5-7-11(15)8-6-10/h2-8H,1H3,(H,16,18). The molecule has 0 atom stereocenters. The number of carbonyl (C=O) groups is 1. The predicted molar refractivity (Wildman–Crippen MR) is 84.9 cm³/mol. The van der Waals surface area contributed by atoms with E-state index in [0.717, 1.165) is 3.57 Å². The van der Waals surface area contributed by atoms with Crippen molar-refractivity contribution in [3.63, 3.8) is 0 Å². The summed E-state index contributed by atoms with van der Waals surface area (Å²) in [5, 5.41) is 13.6. The number of nitro groups is 1. The predicted octanol–water partition coefficient (Wildman–Crippen LogP) is 3.76. The first kappa shape index (κ1) is 14.4. The normalized spacial score (nSPS) is 10.1. The van der Waals surface area contributed by atoms with Crippen LogP contribution in [0.1, 0.15) is 15.9 Å². The van der Waals surface area contributed by atoms with Crippen molar-refractivity contribution in [3.05, 3.63) is 67.3 Å². The quantitative estimate of drug-likeness (QED) is 0.499.